The average Bonchev–Trinajstić information content (AvgIpc) is 2.86. The van der Waals surface area contributed by atoms with Crippen LogP contribution in [0.3, 0.4) is 0 Å². The van der Waals surface area contributed by atoms with Gasteiger partial charge in [0.05, 0.1) is 13.2 Å². The first-order valence-corrected chi connectivity index (χ1v) is 6.08. The molecule has 0 aromatic heterocycles. The first-order valence-electron chi connectivity index (χ1n) is 6.08. The fraction of sp³-hybridized carbons (Fsp3) is 0.500. The number of benzene rings is 1. The predicted molar refractivity (Wildman–Crippen MR) is 66.9 cm³/mol. The lowest BCUT2D eigenvalue weighted by atomic mass is 9.91. The number of rotatable bonds is 4. The van der Waals surface area contributed by atoms with Crippen molar-refractivity contribution in [3.05, 3.63) is 29.8 Å². The summed E-state index contributed by atoms with van der Waals surface area (Å²) in [6.07, 6.45) is 3.78. The van der Waals surface area contributed by atoms with E-state index in [9.17, 15) is 5.26 Å². The molecule has 17 heavy (non-hydrogen) atoms. The molecule has 0 spiro atoms. The van der Waals surface area contributed by atoms with Gasteiger partial charge in [-0.3, -0.25) is 5.32 Å². The Balaban J connectivity index is 2.04. The van der Waals surface area contributed by atoms with E-state index >= 15 is 0 Å². The molecule has 0 bridgehead atoms. The van der Waals surface area contributed by atoms with Gasteiger partial charge >= 0.3 is 0 Å². The van der Waals surface area contributed by atoms with Gasteiger partial charge in [0, 0.05) is 0 Å². The van der Waals surface area contributed by atoms with Crippen molar-refractivity contribution in [1.82, 2.24) is 5.32 Å². The van der Waals surface area contributed by atoms with Crippen LogP contribution in [-0.4, -0.2) is 19.2 Å². The monoisotopic (exact) mass is 230 g/mol. The van der Waals surface area contributed by atoms with Gasteiger partial charge in [0.1, 0.15) is 11.3 Å². The van der Waals surface area contributed by atoms with E-state index in [0.29, 0.717) is 0 Å². The Morgan fingerprint density at radius 1 is 1.47 bits per heavy atom. The largest absolute Gasteiger partial charge is 0.496 e. The van der Waals surface area contributed by atoms with Gasteiger partial charge in [-0.15, -0.1) is 0 Å². The zero-order valence-corrected chi connectivity index (χ0v) is 10.2. The summed E-state index contributed by atoms with van der Waals surface area (Å²) in [4.78, 5) is 0. The number of para-hydroxylation sites is 1. The van der Waals surface area contributed by atoms with E-state index in [0.717, 1.165) is 38.0 Å². The minimum atomic E-state index is -0.319. The molecule has 0 amide bonds. The molecule has 1 atom stereocenters. The van der Waals surface area contributed by atoms with E-state index in [2.05, 4.69) is 17.5 Å². The van der Waals surface area contributed by atoms with Crippen molar-refractivity contribution < 1.29 is 4.74 Å². The molecule has 2 rings (SSSR count). The summed E-state index contributed by atoms with van der Waals surface area (Å²) in [5.74, 6) is 0.915. The highest BCUT2D eigenvalue weighted by molar-refractivity contribution is 5.33. The van der Waals surface area contributed by atoms with Crippen molar-refractivity contribution in [2.45, 2.75) is 31.2 Å². The number of methoxy groups -OCH3 is 1. The van der Waals surface area contributed by atoms with Gasteiger partial charge in [0.2, 0.25) is 0 Å². The molecule has 1 unspecified atom stereocenters. The van der Waals surface area contributed by atoms with Crippen LogP contribution in [0.15, 0.2) is 24.3 Å². The molecule has 1 N–H and O–H groups in total. The van der Waals surface area contributed by atoms with Crippen LogP contribution >= 0.6 is 0 Å². The molecule has 3 heteroatoms. The smallest absolute Gasteiger partial charge is 0.122 e. The zero-order valence-electron chi connectivity index (χ0n) is 10.2. The fourth-order valence-electron chi connectivity index (χ4n) is 2.43. The lowest BCUT2D eigenvalue weighted by molar-refractivity contribution is 0.401. The van der Waals surface area contributed by atoms with Gasteiger partial charge in [-0.25, -0.2) is 0 Å². The first-order chi connectivity index (χ1) is 8.29. The molecule has 1 saturated heterocycles. The third-order valence-corrected chi connectivity index (χ3v) is 3.47. The lowest BCUT2D eigenvalue weighted by Crippen LogP contribution is -2.38. The molecule has 1 fully saturated rings. The maximum atomic E-state index is 9.28. The van der Waals surface area contributed by atoms with E-state index in [4.69, 9.17) is 4.74 Å². The fourth-order valence-corrected chi connectivity index (χ4v) is 2.43. The lowest BCUT2D eigenvalue weighted by Gasteiger charge is -2.21. The number of aryl methyl sites for hydroxylation is 1. The van der Waals surface area contributed by atoms with Crippen LogP contribution in [0.1, 0.15) is 24.8 Å². The number of nitrogens with zero attached hydrogens (tertiary/aromatic N) is 1. The zero-order chi connectivity index (χ0) is 12.1. The third kappa shape index (κ3) is 2.59. The Kier molecular flexibility index (Phi) is 3.65. The van der Waals surface area contributed by atoms with Gasteiger partial charge in [0.15, 0.2) is 0 Å². The van der Waals surface area contributed by atoms with E-state index in [1.54, 1.807) is 7.11 Å². The van der Waals surface area contributed by atoms with Crippen molar-refractivity contribution in [2.24, 2.45) is 0 Å². The van der Waals surface area contributed by atoms with Crippen molar-refractivity contribution in [3.8, 4) is 11.8 Å². The van der Waals surface area contributed by atoms with Crippen LogP contribution in [0.2, 0.25) is 0 Å². The molecule has 1 aromatic carbocycles. The highest BCUT2D eigenvalue weighted by Gasteiger charge is 2.32. The third-order valence-electron chi connectivity index (χ3n) is 3.47. The number of nitriles is 1. The minimum Gasteiger partial charge on any atom is -0.496 e. The Hall–Kier alpha value is -1.53. The maximum Gasteiger partial charge on any atom is 0.122 e. The van der Waals surface area contributed by atoms with E-state index < -0.39 is 0 Å². The summed E-state index contributed by atoms with van der Waals surface area (Å²) in [6, 6.07) is 10.5. The Bertz CT molecular complexity index is 416. The van der Waals surface area contributed by atoms with Crippen molar-refractivity contribution in [2.75, 3.05) is 13.7 Å². The second-order valence-electron chi connectivity index (χ2n) is 4.54. The number of nitrogens with one attached hydrogen (secondary N) is 1. The van der Waals surface area contributed by atoms with Gasteiger partial charge < -0.3 is 4.74 Å². The molecule has 1 aliphatic rings. The van der Waals surface area contributed by atoms with Crippen LogP contribution in [0.4, 0.5) is 0 Å². The van der Waals surface area contributed by atoms with Crippen LogP contribution in [0.5, 0.6) is 5.75 Å². The van der Waals surface area contributed by atoms with E-state index in [1.807, 2.05) is 18.2 Å². The van der Waals surface area contributed by atoms with Crippen LogP contribution in [-0.2, 0) is 6.42 Å². The van der Waals surface area contributed by atoms with Crippen molar-refractivity contribution in [3.63, 3.8) is 0 Å². The van der Waals surface area contributed by atoms with Crippen LogP contribution in [0.25, 0.3) is 0 Å². The van der Waals surface area contributed by atoms with Gasteiger partial charge in [-0.1, -0.05) is 18.2 Å². The Morgan fingerprint density at radius 3 is 2.94 bits per heavy atom. The summed E-state index contributed by atoms with van der Waals surface area (Å²) >= 11 is 0. The van der Waals surface area contributed by atoms with Crippen LogP contribution < -0.4 is 10.1 Å². The molecule has 1 aromatic rings. The van der Waals surface area contributed by atoms with Gasteiger partial charge in [-0.05, 0) is 43.9 Å². The van der Waals surface area contributed by atoms with Crippen molar-refractivity contribution >= 4 is 0 Å². The summed E-state index contributed by atoms with van der Waals surface area (Å²) in [6.45, 7) is 0.958. The second kappa shape index (κ2) is 5.20. The molecular formula is C14H18N2O. The Morgan fingerprint density at radius 2 is 2.29 bits per heavy atom. The number of hydrogen-bond donors (Lipinski definition) is 1. The highest BCUT2D eigenvalue weighted by atomic mass is 16.5. The van der Waals surface area contributed by atoms with Crippen LogP contribution in [0, 0.1) is 11.3 Å². The molecule has 3 nitrogen and oxygen atoms in total. The number of ether oxygens (including phenoxy) is 1. The minimum absolute atomic E-state index is 0.319. The molecule has 0 radical (unpaired) electrons. The molecular weight excluding hydrogens is 212 g/mol. The standard InChI is InChI=1S/C14H18N2O/c1-17-13-6-3-2-5-12(13)7-9-14(11-15)8-4-10-16-14/h2-3,5-6,16H,4,7-10H2,1H3. The normalized spacial score (nSPS) is 23.3. The molecule has 1 aliphatic heterocycles. The molecule has 1 heterocycles. The SMILES string of the molecule is COc1ccccc1CCC1(C#N)CCCN1. The van der Waals surface area contributed by atoms with Gasteiger partial charge in [-0.2, -0.15) is 5.26 Å². The number of hydrogen-bond acceptors (Lipinski definition) is 3. The topological polar surface area (TPSA) is 45.0 Å². The highest BCUT2D eigenvalue weighted by Crippen LogP contribution is 2.27. The molecule has 0 aliphatic carbocycles. The summed E-state index contributed by atoms with van der Waals surface area (Å²) in [7, 11) is 1.69. The molecule has 90 valence electrons. The summed E-state index contributed by atoms with van der Waals surface area (Å²) in [5, 5.41) is 12.6. The first kappa shape index (κ1) is 11.9. The summed E-state index contributed by atoms with van der Waals surface area (Å²) < 4.78 is 5.32. The van der Waals surface area contributed by atoms with Crippen molar-refractivity contribution in [1.29, 1.82) is 5.26 Å². The molecule has 0 saturated carbocycles. The van der Waals surface area contributed by atoms with Gasteiger partial charge in [0.25, 0.3) is 0 Å². The predicted octanol–water partition coefficient (Wildman–Crippen LogP) is 2.27. The summed E-state index contributed by atoms with van der Waals surface area (Å²) in [5.41, 5.74) is 0.860. The van der Waals surface area contributed by atoms with E-state index in [1.165, 1.54) is 5.56 Å². The Labute approximate surface area is 102 Å². The van der Waals surface area contributed by atoms with E-state index in [-0.39, 0.29) is 5.54 Å². The second-order valence-corrected chi connectivity index (χ2v) is 4.54. The maximum absolute atomic E-state index is 9.28. The quantitative estimate of drug-likeness (QED) is 0.863. The average molecular weight is 230 g/mol.